The van der Waals surface area contributed by atoms with Crippen LogP contribution >= 0.6 is 0 Å². The van der Waals surface area contributed by atoms with Crippen LogP contribution < -0.4 is 24.4 Å². The Morgan fingerprint density at radius 3 is 2.28 bits per heavy atom. The fraction of sp³-hybridized carbons (Fsp3) is 0.100. The zero-order valence-electron chi connectivity index (χ0n) is 19.7. The van der Waals surface area contributed by atoms with Gasteiger partial charge >= 0.3 is 0 Å². The summed E-state index contributed by atoms with van der Waals surface area (Å²) in [4.78, 5) is 13.0. The van der Waals surface area contributed by atoms with Gasteiger partial charge in [0.15, 0.2) is 11.5 Å². The quantitative estimate of drug-likeness (QED) is 0.220. The second kappa shape index (κ2) is 10.7. The molecule has 0 spiro atoms. The molecule has 180 valence electrons. The fourth-order valence-corrected chi connectivity index (χ4v) is 3.67. The average molecular weight is 481 g/mol. The molecular formula is C30H24O6. The van der Waals surface area contributed by atoms with E-state index in [-0.39, 0.29) is 11.2 Å². The lowest BCUT2D eigenvalue weighted by molar-refractivity contribution is 0.305. The summed E-state index contributed by atoms with van der Waals surface area (Å²) in [6.07, 6.45) is 1.31. The first-order chi connectivity index (χ1) is 17.7. The first-order valence-corrected chi connectivity index (χ1v) is 11.6. The summed E-state index contributed by atoms with van der Waals surface area (Å²) in [6.45, 7) is 2.70. The van der Waals surface area contributed by atoms with Gasteiger partial charge in [-0.3, -0.25) is 4.79 Å². The molecule has 0 bridgehead atoms. The van der Waals surface area contributed by atoms with Gasteiger partial charge in [-0.2, -0.15) is 0 Å². The van der Waals surface area contributed by atoms with Gasteiger partial charge < -0.3 is 23.4 Å². The fourth-order valence-electron chi connectivity index (χ4n) is 3.67. The van der Waals surface area contributed by atoms with E-state index in [2.05, 4.69) is 0 Å². The van der Waals surface area contributed by atoms with Gasteiger partial charge in [-0.1, -0.05) is 42.5 Å². The molecule has 6 nitrogen and oxygen atoms in total. The molecule has 0 aliphatic carbocycles. The van der Waals surface area contributed by atoms with Gasteiger partial charge in [-0.15, -0.1) is 0 Å². The maximum Gasteiger partial charge on any atom is 0.235 e. The van der Waals surface area contributed by atoms with E-state index in [1.54, 1.807) is 30.3 Å². The van der Waals surface area contributed by atoms with Crippen LogP contribution in [0.4, 0.5) is 0 Å². The predicted octanol–water partition coefficient (Wildman–Crippen LogP) is 7.36. The maximum absolute atomic E-state index is 13.0. The van der Waals surface area contributed by atoms with Crippen LogP contribution in [0.1, 0.15) is 12.5 Å². The Hall–Kier alpha value is -4.71. The van der Waals surface area contributed by atoms with Gasteiger partial charge in [0.25, 0.3) is 0 Å². The third-order valence-corrected chi connectivity index (χ3v) is 5.37. The molecule has 1 heterocycles. The van der Waals surface area contributed by atoms with Crippen molar-refractivity contribution < 1.29 is 23.4 Å². The van der Waals surface area contributed by atoms with Crippen LogP contribution in [-0.4, -0.2) is 6.61 Å². The van der Waals surface area contributed by atoms with Gasteiger partial charge in [0.05, 0.1) is 12.0 Å². The van der Waals surface area contributed by atoms with Gasteiger partial charge in [0, 0.05) is 6.07 Å². The molecule has 0 radical (unpaired) electrons. The zero-order valence-corrected chi connectivity index (χ0v) is 19.7. The molecule has 5 aromatic rings. The first-order valence-electron chi connectivity index (χ1n) is 11.6. The Balaban J connectivity index is 1.30. The average Bonchev–Trinajstić information content (AvgIpc) is 2.91. The minimum absolute atomic E-state index is 0.0820. The third-order valence-electron chi connectivity index (χ3n) is 5.37. The van der Waals surface area contributed by atoms with E-state index >= 15 is 0 Å². The molecule has 0 aliphatic rings. The van der Waals surface area contributed by atoms with Gasteiger partial charge in [0.1, 0.15) is 35.7 Å². The van der Waals surface area contributed by atoms with E-state index < -0.39 is 0 Å². The smallest absolute Gasteiger partial charge is 0.235 e. The van der Waals surface area contributed by atoms with Crippen molar-refractivity contribution >= 4 is 11.0 Å². The van der Waals surface area contributed by atoms with Gasteiger partial charge in [0.2, 0.25) is 11.2 Å². The van der Waals surface area contributed by atoms with Crippen molar-refractivity contribution in [1.29, 1.82) is 0 Å². The van der Waals surface area contributed by atoms with Crippen molar-refractivity contribution in [3.8, 4) is 34.5 Å². The molecule has 6 heteroatoms. The number of fused-ring (bicyclic) bond motifs is 1. The van der Waals surface area contributed by atoms with Crippen LogP contribution in [0.5, 0.6) is 34.5 Å². The van der Waals surface area contributed by atoms with Crippen molar-refractivity contribution in [3.63, 3.8) is 0 Å². The SMILES string of the molecule is CCOc1ccccc1Oc1coc2cc(OCc3cccc(Oc4ccccc4)c3)ccc2c1=O. The highest BCUT2D eigenvalue weighted by atomic mass is 16.5. The van der Waals surface area contributed by atoms with Crippen molar-refractivity contribution in [3.05, 3.63) is 119 Å². The lowest BCUT2D eigenvalue weighted by atomic mass is 10.2. The minimum atomic E-state index is -0.278. The molecule has 0 unspecified atom stereocenters. The van der Waals surface area contributed by atoms with Crippen LogP contribution in [0.3, 0.4) is 0 Å². The van der Waals surface area contributed by atoms with Gasteiger partial charge in [-0.05, 0) is 61.0 Å². The van der Waals surface area contributed by atoms with Crippen LogP contribution in [0.15, 0.2) is 113 Å². The monoisotopic (exact) mass is 480 g/mol. The Morgan fingerprint density at radius 2 is 1.44 bits per heavy atom. The molecule has 0 aliphatic heterocycles. The lowest BCUT2D eigenvalue weighted by Crippen LogP contribution is -2.06. The molecule has 4 aromatic carbocycles. The Labute approximate surface area is 208 Å². The van der Waals surface area contributed by atoms with Crippen molar-refractivity contribution in [2.45, 2.75) is 13.5 Å². The number of hydrogen-bond donors (Lipinski definition) is 0. The second-order valence-electron chi connectivity index (χ2n) is 7.92. The molecule has 0 N–H and O–H groups in total. The van der Waals surface area contributed by atoms with Crippen LogP contribution in [0.2, 0.25) is 0 Å². The van der Waals surface area contributed by atoms with Crippen LogP contribution in [0.25, 0.3) is 11.0 Å². The van der Waals surface area contributed by atoms with E-state index in [0.717, 1.165) is 17.1 Å². The summed E-state index contributed by atoms with van der Waals surface area (Å²) in [5.74, 6) is 3.16. The largest absolute Gasteiger partial charge is 0.490 e. The number of benzene rings is 4. The normalized spacial score (nSPS) is 10.7. The number of para-hydroxylation sites is 3. The van der Waals surface area contributed by atoms with E-state index in [1.165, 1.54) is 6.26 Å². The molecular weight excluding hydrogens is 456 g/mol. The molecule has 0 saturated heterocycles. The van der Waals surface area contributed by atoms with E-state index in [1.807, 2.05) is 73.7 Å². The summed E-state index contributed by atoms with van der Waals surface area (Å²) < 4.78 is 28.9. The standard InChI is InChI=1S/C30H24O6/c1-2-32-26-13-6-7-14-27(26)36-29-20-34-28-18-23(15-16-25(28)30(29)31)33-19-21-9-8-12-24(17-21)35-22-10-4-3-5-11-22/h3-18,20H,2,19H2,1H3. The maximum atomic E-state index is 13.0. The number of ether oxygens (including phenoxy) is 4. The summed E-state index contributed by atoms with van der Waals surface area (Å²) in [7, 11) is 0. The molecule has 1 aromatic heterocycles. The molecule has 36 heavy (non-hydrogen) atoms. The van der Waals surface area contributed by atoms with Crippen molar-refractivity contribution in [1.82, 2.24) is 0 Å². The lowest BCUT2D eigenvalue weighted by Gasteiger charge is -2.11. The highest BCUT2D eigenvalue weighted by molar-refractivity contribution is 5.79. The highest BCUT2D eigenvalue weighted by Crippen LogP contribution is 2.31. The van der Waals surface area contributed by atoms with Crippen LogP contribution in [0, 0.1) is 0 Å². The summed E-state index contributed by atoms with van der Waals surface area (Å²) in [5.41, 5.74) is 1.07. The topological polar surface area (TPSA) is 67.1 Å². The predicted molar refractivity (Wildman–Crippen MR) is 137 cm³/mol. The Bertz CT molecular complexity index is 1520. The number of rotatable bonds is 9. The Morgan fingerprint density at radius 1 is 0.667 bits per heavy atom. The van der Waals surface area contributed by atoms with Crippen molar-refractivity contribution in [2.24, 2.45) is 0 Å². The summed E-state index contributed by atoms with van der Waals surface area (Å²) >= 11 is 0. The van der Waals surface area contributed by atoms with E-state index in [0.29, 0.717) is 41.4 Å². The van der Waals surface area contributed by atoms with Gasteiger partial charge in [-0.25, -0.2) is 0 Å². The first kappa shape index (κ1) is 23.1. The summed E-state index contributed by atoms with van der Waals surface area (Å²) in [5, 5.41) is 0.395. The summed E-state index contributed by atoms with van der Waals surface area (Å²) in [6, 6.07) is 29.6. The molecule has 0 fully saturated rings. The number of hydrogen-bond acceptors (Lipinski definition) is 6. The van der Waals surface area contributed by atoms with Crippen molar-refractivity contribution in [2.75, 3.05) is 6.61 Å². The highest BCUT2D eigenvalue weighted by Gasteiger charge is 2.13. The zero-order chi connectivity index (χ0) is 24.7. The molecule has 0 amide bonds. The van der Waals surface area contributed by atoms with E-state index in [9.17, 15) is 4.79 Å². The third kappa shape index (κ3) is 5.33. The molecule has 0 saturated carbocycles. The van der Waals surface area contributed by atoms with E-state index in [4.69, 9.17) is 23.4 Å². The molecule has 0 atom stereocenters. The molecule has 5 rings (SSSR count). The minimum Gasteiger partial charge on any atom is -0.490 e. The Kier molecular flexibility index (Phi) is 6.85. The second-order valence-corrected chi connectivity index (χ2v) is 7.92. The van der Waals surface area contributed by atoms with Crippen LogP contribution in [-0.2, 0) is 6.61 Å².